The minimum atomic E-state index is -3.73. The fraction of sp³-hybridized carbons (Fsp3) is 0.478. The number of rotatable bonds is 9. The SMILES string of the molecule is CCN(Cc1cccs1)C(=O)C(NC(=O)c1cccc(S(=O)(=O)N2CCOCC2)c1)C(C)C. The molecule has 0 spiro atoms. The van der Waals surface area contributed by atoms with Crippen molar-refractivity contribution in [2.75, 3.05) is 32.8 Å². The minimum absolute atomic E-state index is 0.0531. The van der Waals surface area contributed by atoms with Crippen LogP contribution in [0.15, 0.2) is 46.7 Å². The number of sulfonamides is 1. The Balaban J connectivity index is 1.76. The Morgan fingerprint density at radius 2 is 1.91 bits per heavy atom. The zero-order chi connectivity index (χ0) is 24.0. The first-order valence-electron chi connectivity index (χ1n) is 11.0. The van der Waals surface area contributed by atoms with Crippen molar-refractivity contribution in [3.8, 4) is 0 Å². The summed E-state index contributed by atoms with van der Waals surface area (Å²) in [6, 6.07) is 9.14. The van der Waals surface area contributed by atoms with Crippen LogP contribution in [0.2, 0.25) is 0 Å². The van der Waals surface area contributed by atoms with E-state index in [1.165, 1.54) is 16.4 Å². The molecule has 1 saturated heterocycles. The zero-order valence-electron chi connectivity index (χ0n) is 19.2. The second-order valence-electron chi connectivity index (χ2n) is 8.17. The van der Waals surface area contributed by atoms with Gasteiger partial charge in [-0.1, -0.05) is 26.0 Å². The molecule has 2 amide bonds. The van der Waals surface area contributed by atoms with E-state index in [-0.39, 0.29) is 35.4 Å². The van der Waals surface area contributed by atoms with Crippen LogP contribution < -0.4 is 5.32 Å². The van der Waals surface area contributed by atoms with E-state index in [0.29, 0.717) is 26.3 Å². The first-order valence-corrected chi connectivity index (χ1v) is 13.4. The normalized spacial score (nSPS) is 15.9. The summed E-state index contributed by atoms with van der Waals surface area (Å²) in [5.41, 5.74) is 0.198. The van der Waals surface area contributed by atoms with Gasteiger partial charge in [-0.05, 0) is 42.5 Å². The van der Waals surface area contributed by atoms with Crippen molar-refractivity contribution in [1.29, 1.82) is 0 Å². The molecule has 2 aromatic rings. The quantitative estimate of drug-likeness (QED) is 0.579. The fourth-order valence-corrected chi connectivity index (χ4v) is 5.78. The highest BCUT2D eigenvalue weighted by Crippen LogP contribution is 2.19. The van der Waals surface area contributed by atoms with E-state index in [4.69, 9.17) is 4.74 Å². The molecule has 1 fully saturated rings. The molecule has 0 radical (unpaired) electrons. The maximum absolute atomic E-state index is 13.2. The number of carbonyl (C=O) groups excluding carboxylic acids is 2. The highest BCUT2D eigenvalue weighted by molar-refractivity contribution is 7.89. The Labute approximate surface area is 199 Å². The van der Waals surface area contributed by atoms with Gasteiger partial charge in [-0.25, -0.2) is 8.42 Å². The van der Waals surface area contributed by atoms with E-state index in [0.717, 1.165) is 4.88 Å². The highest BCUT2D eigenvalue weighted by atomic mass is 32.2. The number of carbonyl (C=O) groups is 2. The Kier molecular flexibility index (Phi) is 8.63. The van der Waals surface area contributed by atoms with E-state index in [1.54, 1.807) is 28.4 Å². The largest absolute Gasteiger partial charge is 0.379 e. The molecule has 0 aliphatic carbocycles. The number of benzene rings is 1. The number of morpholine rings is 1. The van der Waals surface area contributed by atoms with Gasteiger partial charge in [0.1, 0.15) is 6.04 Å². The van der Waals surface area contributed by atoms with Gasteiger partial charge in [0.15, 0.2) is 0 Å². The molecule has 1 aliphatic rings. The summed E-state index contributed by atoms with van der Waals surface area (Å²) in [5, 5.41) is 4.80. The van der Waals surface area contributed by atoms with Crippen molar-refractivity contribution in [2.45, 2.75) is 38.3 Å². The molecule has 180 valence electrons. The molecule has 1 unspecified atom stereocenters. The molecule has 0 saturated carbocycles. The van der Waals surface area contributed by atoms with Crippen LogP contribution in [0.25, 0.3) is 0 Å². The molecular formula is C23H31N3O5S2. The Morgan fingerprint density at radius 1 is 1.18 bits per heavy atom. The molecular weight excluding hydrogens is 462 g/mol. The van der Waals surface area contributed by atoms with Crippen molar-refractivity contribution < 1.29 is 22.7 Å². The Bertz CT molecular complexity index is 1050. The fourth-order valence-electron chi connectivity index (χ4n) is 3.60. The number of likely N-dealkylation sites (N-methyl/N-ethyl adjacent to an activating group) is 1. The van der Waals surface area contributed by atoms with Crippen molar-refractivity contribution in [2.24, 2.45) is 5.92 Å². The number of hydrogen-bond acceptors (Lipinski definition) is 6. The van der Waals surface area contributed by atoms with E-state index in [1.807, 2.05) is 38.3 Å². The smallest absolute Gasteiger partial charge is 0.251 e. The van der Waals surface area contributed by atoms with E-state index in [9.17, 15) is 18.0 Å². The lowest BCUT2D eigenvalue weighted by atomic mass is 10.0. The van der Waals surface area contributed by atoms with Gasteiger partial charge >= 0.3 is 0 Å². The molecule has 1 N–H and O–H groups in total. The maximum atomic E-state index is 13.2. The molecule has 1 aliphatic heterocycles. The van der Waals surface area contributed by atoms with Crippen LogP contribution in [0.1, 0.15) is 36.0 Å². The predicted molar refractivity (Wildman–Crippen MR) is 128 cm³/mol. The van der Waals surface area contributed by atoms with Crippen LogP contribution in [0, 0.1) is 5.92 Å². The van der Waals surface area contributed by atoms with Crippen molar-refractivity contribution >= 4 is 33.2 Å². The Hall–Kier alpha value is -2.27. The van der Waals surface area contributed by atoms with Crippen molar-refractivity contribution in [1.82, 2.24) is 14.5 Å². The van der Waals surface area contributed by atoms with Gasteiger partial charge in [-0.15, -0.1) is 11.3 Å². The van der Waals surface area contributed by atoms with Gasteiger partial charge in [-0.3, -0.25) is 9.59 Å². The van der Waals surface area contributed by atoms with Crippen LogP contribution in [-0.4, -0.2) is 68.3 Å². The maximum Gasteiger partial charge on any atom is 0.251 e. The van der Waals surface area contributed by atoms with Crippen LogP contribution in [0.5, 0.6) is 0 Å². The van der Waals surface area contributed by atoms with Gasteiger partial charge in [0, 0.05) is 30.1 Å². The number of nitrogens with zero attached hydrogens (tertiary/aromatic N) is 2. The van der Waals surface area contributed by atoms with Gasteiger partial charge in [0.2, 0.25) is 15.9 Å². The number of nitrogens with one attached hydrogen (secondary N) is 1. The van der Waals surface area contributed by atoms with Crippen LogP contribution >= 0.6 is 11.3 Å². The highest BCUT2D eigenvalue weighted by Gasteiger charge is 2.30. The number of thiophene rings is 1. The average Bonchev–Trinajstić information content (AvgIpc) is 3.34. The molecule has 0 bridgehead atoms. The molecule has 10 heteroatoms. The van der Waals surface area contributed by atoms with Crippen LogP contribution in [0.4, 0.5) is 0 Å². The van der Waals surface area contributed by atoms with E-state index < -0.39 is 22.0 Å². The lowest BCUT2D eigenvalue weighted by Crippen LogP contribution is -2.51. The third kappa shape index (κ3) is 6.20. The number of ether oxygens (including phenoxy) is 1. The van der Waals surface area contributed by atoms with Gasteiger partial charge in [0.05, 0.1) is 24.7 Å². The molecule has 3 rings (SSSR count). The summed E-state index contributed by atoms with van der Waals surface area (Å²) in [7, 11) is -3.73. The van der Waals surface area contributed by atoms with Gasteiger partial charge in [0.25, 0.3) is 5.91 Å². The van der Waals surface area contributed by atoms with Gasteiger partial charge in [-0.2, -0.15) is 4.31 Å². The first-order chi connectivity index (χ1) is 15.7. The molecule has 33 heavy (non-hydrogen) atoms. The summed E-state index contributed by atoms with van der Waals surface area (Å²) in [6.45, 7) is 7.91. The number of hydrogen-bond donors (Lipinski definition) is 1. The second-order valence-corrected chi connectivity index (χ2v) is 11.1. The molecule has 1 aromatic carbocycles. The summed E-state index contributed by atoms with van der Waals surface area (Å²) >= 11 is 1.58. The summed E-state index contributed by atoms with van der Waals surface area (Å²) in [6.07, 6.45) is 0. The topological polar surface area (TPSA) is 96.0 Å². The third-order valence-corrected chi connectivity index (χ3v) is 8.30. The molecule has 2 heterocycles. The summed E-state index contributed by atoms with van der Waals surface area (Å²) < 4.78 is 32.5. The van der Waals surface area contributed by atoms with E-state index in [2.05, 4.69) is 5.32 Å². The first kappa shape index (κ1) is 25.4. The summed E-state index contributed by atoms with van der Waals surface area (Å²) in [5.74, 6) is -0.779. The monoisotopic (exact) mass is 493 g/mol. The number of amides is 2. The predicted octanol–water partition coefficient (Wildman–Crippen LogP) is 2.57. The lowest BCUT2D eigenvalue weighted by molar-refractivity contribution is -0.134. The standard InChI is InChI=1S/C23H31N3O5S2/c1-4-25(16-19-8-6-14-32-19)23(28)21(17(2)3)24-22(27)18-7-5-9-20(15-18)33(29,30)26-10-12-31-13-11-26/h5-9,14-15,17,21H,4,10-13,16H2,1-3H3,(H,24,27). The van der Waals surface area contributed by atoms with Gasteiger partial charge < -0.3 is 15.0 Å². The summed E-state index contributed by atoms with van der Waals surface area (Å²) in [4.78, 5) is 29.1. The van der Waals surface area contributed by atoms with Crippen molar-refractivity contribution in [3.05, 3.63) is 52.2 Å². The zero-order valence-corrected chi connectivity index (χ0v) is 20.8. The average molecular weight is 494 g/mol. The molecule has 1 atom stereocenters. The second kappa shape index (κ2) is 11.2. The molecule has 1 aromatic heterocycles. The van der Waals surface area contributed by atoms with Crippen molar-refractivity contribution in [3.63, 3.8) is 0 Å². The minimum Gasteiger partial charge on any atom is -0.379 e. The van der Waals surface area contributed by atoms with E-state index >= 15 is 0 Å². The third-order valence-electron chi connectivity index (χ3n) is 5.54. The Morgan fingerprint density at radius 3 is 2.52 bits per heavy atom. The van der Waals surface area contributed by atoms with Crippen LogP contribution in [0.3, 0.4) is 0 Å². The van der Waals surface area contributed by atoms with Crippen LogP contribution in [-0.2, 0) is 26.1 Å². The lowest BCUT2D eigenvalue weighted by Gasteiger charge is -2.29. The molecule has 8 nitrogen and oxygen atoms in total.